The van der Waals surface area contributed by atoms with E-state index in [4.69, 9.17) is 9.72 Å². The summed E-state index contributed by atoms with van der Waals surface area (Å²) in [5, 5.41) is 13.0. The Morgan fingerprint density at radius 3 is 2.48 bits per heavy atom. The average molecular weight is 554 g/mol. The van der Waals surface area contributed by atoms with E-state index in [1.807, 2.05) is 19.1 Å². The molecule has 1 aliphatic rings. The van der Waals surface area contributed by atoms with Gasteiger partial charge in [0.15, 0.2) is 11.5 Å². The molecule has 0 saturated heterocycles. The van der Waals surface area contributed by atoms with E-state index in [0.717, 1.165) is 37.0 Å². The van der Waals surface area contributed by atoms with Gasteiger partial charge in [0.05, 0.1) is 18.2 Å². The molecule has 1 fully saturated rings. The van der Waals surface area contributed by atoms with Gasteiger partial charge in [-0.2, -0.15) is 13.2 Å². The Balaban J connectivity index is 1.64. The zero-order valence-corrected chi connectivity index (χ0v) is 22.4. The molecule has 4 aromatic rings. The number of alkyl halides is 3. The molecule has 0 spiro atoms. The maximum absolute atomic E-state index is 13.2. The van der Waals surface area contributed by atoms with Crippen molar-refractivity contribution in [2.24, 2.45) is 11.8 Å². The lowest BCUT2D eigenvalue weighted by Gasteiger charge is -2.32. The number of carbonyl (C=O) groups is 1. The van der Waals surface area contributed by atoms with Crippen molar-refractivity contribution in [2.75, 3.05) is 19.0 Å². The summed E-state index contributed by atoms with van der Waals surface area (Å²) in [6, 6.07) is 10.5. The Morgan fingerprint density at radius 1 is 1.12 bits per heavy atom. The zero-order valence-electron chi connectivity index (χ0n) is 22.4. The number of fused-ring (bicyclic) bond motifs is 1. The monoisotopic (exact) mass is 553 g/mol. The average Bonchev–Trinajstić information content (AvgIpc) is 3.25. The number of ether oxygens (including phenoxy) is 1. The fraction of sp³-hybridized carbons (Fsp3) is 0.379. The van der Waals surface area contributed by atoms with E-state index in [9.17, 15) is 23.1 Å². The number of hydrogen-bond donors (Lipinski definition) is 2. The Morgan fingerprint density at radius 2 is 1.85 bits per heavy atom. The first kappa shape index (κ1) is 27.4. The molecule has 0 atom stereocenters. The highest BCUT2D eigenvalue weighted by Gasteiger charge is 2.30. The van der Waals surface area contributed by atoms with E-state index in [1.165, 1.54) is 19.2 Å². The van der Waals surface area contributed by atoms with Crippen molar-refractivity contribution in [3.63, 3.8) is 0 Å². The second-order valence-electron chi connectivity index (χ2n) is 10.5. The van der Waals surface area contributed by atoms with Crippen LogP contribution in [0, 0.1) is 18.8 Å². The van der Waals surface area contributed by atoms with Crippen molar-refractivity contribution >= 4 is 23.0 Å². The van der Waals surface area contributed by atoms with Gasteiger partial charge in [-0.1, -0.05) is 30.7 Å². The van der Waals surface area contributed by atoms with Crippen LogP contribution in [0.25, 0.3) is 22.6 Å². The molecule has 2 aromatic carbocycles. The van der Waals surface area contributed by atoms with Crippen LogP contribution in [-0.4, -0.2) is 44.2 Å². The molecule has 0 bridgehead atoms. The van der Waals surface area contributed by atoms with E-state index in [0.29, 0.717) is 52.4 Å². The first-order valence-corrected chi connectivity index (χ1v) is 13.1. The van der Waals surface area contributed by atoms with Crippen molar-refractivity contribution in [3.8, 4) is 17.1 Å². The number of aryl methyl sites for hydroxylation is 1. The molecule has 1 saturated carbocycles. The van der Waals surface area contributed by atoms with Gasteiger partial charge in [0.1, 0.15) is 17.1 Å². The third kappa shape index (κ3) is 5.59. The number of benzene rings is 2. The third-order valence-corrected chi connectivity index (χ3v) is 7.33. The maximum Gasteiger partial charge on any atom is 0.416 e. The van der Waals surface area contributed by atoms with E-state index < -0.39 is 23.5 Å². The van der Waals surface area contributed by atoms with Crippen molar-refractivity contribution in [3.05, 3.63) is 65.0 Å². The second kappa shape index (κ2) is 10.8. The molecule has 1 aliphatic carbocycles. The molecule has 8 nitrogen and oxygen atoms in total. The van der Waals surface area contributed by atoms with Crippen LogP contribution in [0.5, 0.6) is 5.75 Å². The van der Waals surface area contributed by atoms with Gasteiger partial charge < -0.3 is 19.7 Å². The first-order chi connectivity index (χ1) is 19.0. The van der Waals surface area contributed by atoms with Crippen LogP contribution in [0.15, 0.2) is 42.5 Å². The number of methoxy groups -OCH3 is 1. The smallest absolute Gasteiger partial charge is 0.416 e. The number of aromatic nitrogens is 4. The van der Waals surface area contributed by atoms with Gasteiger partial charge in [0, 0.05) is 13.1 Å². The number of carboxylic acid groups (broad SMARTS) is 1. The predicted molar refractivity (Wildman–Crippen MR) is 145 cm³/mol. The van der Waals surface area contributed by atoms with Crippen molar-refractivity contribution in [1.29, 1.82) is 0 Å². The van der Waals surface area contributed by atoms with Gasteiger partial charge in [-0.25, -0.2) is 19.7 Å². The van der Waals surface area contributed by atoms with Crippen molar-refractivity contribution in [1.82, 2.24) is 19.5 Å². The standard InChI is InChI=1S/C29H30F3N5O3/c1-16-4-9-22(40-3)21(14-16)27-36-25-23(37(27)15-18-5-7-20(8-6-18)29(30,31)32)24(34-26(35-25)28(38)39)33-11-10-19-12-17(2)13-19/h4-9,14,17,19H,10-13,15H2,1-3H3,(H,38,39)(H,33,34,35). The van der Waals surface area contributed by atoms with E-state index in [2.05, 4.69) is 22.2 Å². The molecular weight excluding hydrogens is 523 g/mol. The Hall–Kier alpha value is -4.15. The quantitative estimate of drug-likeness (QED) is 0.246. The molecular formula is C29H30F3N5O3. The normalized spacial score (nSPS) is 17.1. The SMILES string of the molecule is COc1ccc(C)cc1-c1nc2nc(C(=O)O)nc(NCCC3CC(C)C3)c2n1Cc1ccc(C(F)(F)F)cc1. The fourth-order valence-corrected chi connectivity index (χ4v) is 5.29. The Kier molecular flexibility index (Phi) is 7.39. The Bertz CT molecular complexity index is 1540. The topological polar surface area (TPSA) is 102 Å². The van der Waals surface area contributed by atoms with Crippen LogP contribution < -0.4 is 10.1 Å². The van der Waals surface area contributed by atoms with Crippen LogP contribution in [0.1, 0.15) is 53.5 Å². The molecule has 2 aromatic heterocycles. The summed E-state index contributed by atoms with van der Waals surface area (Å²) in [7, 11) is 1.54. The number of imidazole rings is 1. The number of aromatic carboxylic acids is 1. The van der Waals surface area contributed by atoms with E-state index in [1.54, 1.807) is 10.6 Å². The molecule has 0 radical (unpaired) electrons. The van der Waals surface area contributed by atoms with Crippen LogP contribution in [0.4, 0.5) is 19.0 Å². The largest absolute Gasteiger partial charge is 0.496 e. The highest BCUT2D eigenvalue weighted by atomic mass is 19.4. The third-order valence-electron chi connectivity index (χ3n) is 7.33. The molecule has 5 rings (SSSR count). The van der Waals surface area contributed by atoms with Gasteiger partial charge in [0.25, 0.3) is 0 Å². The van der Waals surface area contributed by atoms with Gasteiger partial charge in [0.2, 0.25) is 5.82 Å². The molecule has 0 amide bonds. The molecule has 0 unspecified atom stereocenters. The highest BCUT2D eigenvalue weighted by Crippen LogP contribution is 2.37. The molecule has 210 valence electrons. The molecule has 0 aliphatic heterocycles. The van der Waals surface area contributed by atoms with Crippen LogP contribution >= 0.6 is 0 Å². The molecule has 2 N–H and O–H groups in total. The number of hydrogen-bond acceptors (Lipinski definition) is 6. The number of rotatable bonds is 9. The summed E-state index contributed by atoms with van der Waals surface area (Å²) in [4.78, 5) is 25.1. The lowest BCUT2D eigenvalue weighted by atomic mass is 9.74. The lowest BCUT2D eigenvalue weighted by molar-refractivity contribution is -0.137. The van der Waals surface area contributed by atoms with E-state index >= 15 is 0 Å². The summed E-state index contributed by atoms with van der Waals surface area (Å²) in [6.45, 7) is 4.86. The van der Waals surface area contributed by atoms with Gasteiger partial charge >= 0.3 is 12.1 Å². The molecule has 40 heavy (non-hydrogen) atoms. The van der Waals surface area contributed by atoms with Crippen LogP contribution in [0.2, 0.25) is 0 Å². The number of carboxylic acids is 1. The highest BCUT2D eigenvalue weighted by molar-refractivity contribution is 5.92. The van der Waals surface area contributed by atoms with Crippen LogP contribution in [-0.2, 0) is 12.7 Å². The predicted octanol–water partition coefficient (Wildman–Crippen LogP) is 6.42. The van der Waals surface area contributed by atoms with Gasteiger partial charge in [-0.15, -0.1) is 0 Å². The molecule has 11 heteroatoms. The minimum Gasteiger partial charge on any atom is -0.496 e. The zero-order chi connectivity index (χ0) is 28.6. The number of nitrogens with one attached hydrogen (secondary N) is 1. The summed E-state index contributed by atoms with van der Waals surface area (Å²) in [5.41, 5.74) is 2.06. The number of anilines is 1. The van der Waals surface area contributed by atoms with Gasteiger partial charge in [-0.05, 0) is 67.9 Å². The summed E-state index contributed by atoms with van der Waals surface area (Å²) in [5.74, 6) is 0.915. The number of nitrogens with zero attached hydrogens (tertiary/aromatic N) is 4. The molecule has 2 heterocycles. The van der Waals surface area contributed by atoms with Crippen LogP contribution in [0.3, 0.4) is 0 Å². The summed E-state index contributed by atoms with van der Waals surface area (Å²) >= 11 is 0. The fourth-order valence-electron chi connectivity index (χ4n) is 5.29. The second-order valence-corrected chi connectivity index (χ2v) is 10.5. The van der Waals surface area contributed by atoms with Crippen molar-refractivity contribution in [2.45, 2.75) is 45.8 Å². The van der Waals surface area contributed by atoms with E-state index in [-0.39, 0.29) is 12.2 Å². The summed E-state index contributed by atoms with van der Waals surface area (Å²) < 4.78 is 47.0. The van der Waals surface area contributed by atoms with Crippen molar-refractivity contribution < 1.29 is 27.8 Å². The maximum atomic E-state index is 13.2. The summed E-state index contributed by atoms with van der Waals surface area (Å²) in [6.07, 6.45) is -1.23. The minimum absolute atomic E-state index is 0.145. The minimum atomic E-state index is -4.45. The lowest BCUT2D eigenvalue weighted by Crippen LogP contribution is -2.23. The first-order valence-electron chi connectivity index (χ1n) is 13.1. The Labute approximate surface area is 229 Å². The number of halogens is 3. The van der Waals surface area contributed by atoms with Gasteiger partial charge in [-0.3, -0.25) is 0 Å².